The van der Waals surface area contributed by atoms with Gasteiger partial charge in [0.05, 0.1) is 6.10 Å². The number of hydrogen-bond donors (Lipinski definition) is 2. The van der Waals surface area contributed by atoms with E-state index in [-0.39, 0.29) is 5.56 Å². The molecule has 0 aliphatic carbocycles. The maximum atomic E-state index is 11.1. The van der Waals surface area contributed by atoms with Crippen molar-refractivity contribution >= 4 is 5.82 Å². The molecule has 1 heterocycles. The van der Waals surface area contributed by atoms with Crippen molar-refractivity contribution in [1.82, 2.24) is 9.97 Å². The SMILES string of the molecule is Cc1nc(N(C)CC(C)O)cc(=O)[nH]1. The molecule has 5 heteroatoms. The lowest BCUT2D eigenvalue weighted by molar-refractivity contribution is 0.201. The van der Waals surface area contributed by atoms with E-state index in [2.05, 4.69) is 9.97 Å². The fourth-order valence-corrected chi connectivity index (χ4v) is 1.25. The normalized spacial score (nSPS) is 12.6. The number of aromatic amines is 1. The molecular formula is C9H15N3O2. The van der Waals surface area contributed by atoms with Crippen LogP contribution in [0.5, 0.6) is 0 Å². The summed E-state index contributed by atoms with van der Waals surface area (Å²) >= 11 is 0. The second-order valence-corrected chi connectivity index (χ2v) is 3.42. The first-order valence-corrected chi connectivity index (χ1v) is 4.46. The summed E-state index contributed by atoms with van der Waals surface area (Å²) < 4.78 is 0. The molecule has 0 spiro atoms. The third kappa shape index (κ3) is 2.85. The number of nitrogens with one attached hydrogen (secondary N) is 1. The zero-order valence-electron chi connectivity index (χ0n) is 8.61. The Morgan fingerprint density at radius 2 is 2.36 bits per heavy atom. The van der Waals surface area contributed by atoms with E-state index in [1.54, 1.807) is 25.8 Å². The number of aliphatic hydroxyl groups is 1. The Bertz CT molecular complexity index is 359. The summed E-state index contributed by atoms with van der Waals surface area (Å²) in [5.74, 6) is 1.15. The van der Waals surface area contributed by atoms with E-state index in [9.17, 15) is 4.79 Å². The van der Waals surface area contributed by atoms with Gasteiger partial charge in [0.15, 0.2) is 0 Å². The fourth-order valence-electron chi connectivity index (χ4n) is 1.25. The van der Waals surface area contributed by atoms with E-state index >= 15 is 0 Å². The first-order valence-electron chi connectivity index (χ1n) is 4.46. The van der Waals surface area contributed by atoms with Crippen molar-refractivity contribution in [2.24, 2.45) is 0 Å². The summed E-state index contributed by atoms with van der Waals surface area (Å²) in [4.78, 5) is 19.6. The predicted octanol–water partition coefficient (Wildman–Crippen LogP) is -0.105. The van der Waals surface area contributed by atoms with Crippen LogP contribution >= 0.6 is 0 Å². The van der Waals surface area contributed by atoms with Gasteiger partial charge in [0.2, 0.25) is 0 Å². The molecule has 0 saturated carbocycles. The van der Waals surface area contributed by atoms with Gasteiger partial charge in [-0.25, -0.2) is 4.98 Å². The van der Waals surface area contributed by atoms with Gasteiger partial charge in [-0.1, -0.05) is 0 Å². The van der Waals surface area contributed by atoms with Crippen LogP contribution in [-0.4, -0.2) is 34.8 Å². The molecule has 0 saturated heterocycles. The Hall–Kier alpha value is -1.36. The van der Waals surface area contributed by atoms with Crippen molar-refractivity contribution in [2.45, 2.75) is 20.0 Å². The van der Waals surface area contributed by atoms with Crippen molar-refractivity contribution < 1.29 is 5.11 Å². The molecule has 0 aliphatic heterocycles. The molecule has 1 rings (SSSR count). The maximum absolute atomic E-state index is 11.1. The Labute approximate surface area is 82.4 Å². The minimum atomic E-state index is -0.443. The van der Waals surface area contributed by atoms with E-state index in [4.69, 9.17) is 5.11 Å². The highest BCUT2D eigenvalue weighted by molar-refractivity contribution is 5.36. The molecule has 1 unspecified atom stereocenters. The Kier molecular flexibility index (Phi) is 3.24. The molecule has 14 heavy (non-hydrogen) atoms. The van der Waals surface area contributed by atoms with E-state index in [0.29, 0.717) is 18.2 Å². The standard InChI is InChI=1S/C9H15N3O2/c1-6(13)5-12(3)8-4-9(14)11-7(2)10-8/h4,6,13H,5H2,1-3H3,(H,10,11,14). The van der Waals surface area contributed by atoms with Gasteiger partial charge in [0, 0.05) is 19.7 Å². The van der Waals surface area contributed by atoms with E-state index < -0.39 is 6.10 Å². The molecule has 0 fully saturated rings. The number of nitrogens with zero attached hydrogens (tertiary/aromatic N) is 2. The highest BCUT2D eigenvalue weighted by atomic mass is 16.3. The van der Waals surface area contributed by atoms with Crippen LogP contribution in [0.2, 0.25) is 0 Å². The van der Waals surface area contributed by atoms with Crippen molar-refractivity contribution in [1.29, 1.82) is 0 Å². The molecule has 1 aromatic heterocycles. The van der Waals surface area contributed by atoms with Gasteiger partial charge in [0.1, 0.15) is 11.6 Å². The van der Waals surface area contributed by atoms with Gasteiger partial charge >= 0.3 is 0 Å². The lowest BCUT2D eigenvalue weighted by Gasteiger charge is -2.19. The van der Waals surface area contributed by atoms with Crippen molar-refractivity contribution in [3.05, 3.63) is 22.2 Å². The summed E-state index contributed by atoms with van der Waals surface area (Å²) in [6, 6.07) is 1.41. The Balaban J connectivity index is 2.89. The van der Waals surface area contributed by atoms with Gasteiger partial charge in [-0.2, -0.15) is 0 Å². The largest absolute Gasteiger partial charge is 0.392 e. The first-order chi connectivity index (χ1) is 6.49. The van der Waals surface area contributed by atoms with E-state index in [1.165, 1.54) is 6.07 Å². The smallest absolute Gasteiger partial charge is 0.252 e. The summed E-state index contributed by atoms with van der Waals surface area (Å²) in [6.45, 7) is 3.87. The van der Waals surface area contributed by atoms with Crippen molar-refractivity contribution in [3.8, 4) is 0 Å². The molecule has 0 bridgehead atoms. The monoisotopic (exact) mass is 197 g/mol. The predicted molar refractivity (Wildman–Crippen MR) is 54.5 cm³/mol. The highest BCUT2D eigenvalue weighted by Crippen LogP contribution is 2.05. The van der Waals surface area contributed by atoms with Crippen LogP contribution in [0.4, 0.5) is 5.82 Å². The number of aromatic nitrogens is 2. The van der Waals surface area contributed by atoms with Gasteiger partial charge < -0.3 is 15.0 Å². The number of hydrogen-bond acceptors (Lipinski definition) is 4. The Morgan fingerprint density at radius 1 is 1.71 bits per heavy atom. The van der Waals surface area contributed by atoms with Crippen LogP contribution in [-0.2, 0) is 0 Å². The lowest BCUT2D eigenvalue weighted by Crippen LogP contribution is -2.29. The molecular weight excluding hydrogens is 182 g/mol. The van der Waals surface area contributed by atoms with Crippen molar-refractivity contribution in [2.75, 3.05) is 18.5 Å². The molecule has 78 valence electrons. The maximum Gasteiger partial charge on any atom is 0.252 e. The van der Waals surface area contributed by atoms with Crippen LogP contribution in [0.1, 0.15) is 12.7 Å². The number of aliphatic hydroxyl groups excluding tert-OH is 1. The second kappa shape index (κ2) is 4.23. The van der Waals surface area contributed by atoms with Crippen LogP contribution in [0.25, 0.3) is 0 Å². The zero-order chi connectivity index (χ0) is 10.7. The highest BCUT2D eigenvalue weighted by Gasteiger charge is 2.06. The molecule has 0 aliphatic rings. The van der Waals surface area contributed by atoms with Crippen LogP contribution < -0.4 is 10.5 Å². The van der Waals surface area contributed by atoms with Crippen LogP contribution in [0.3, 0.4) is 0 Å². The van der Waals surface area contributed by atoms with Gasteiger partial charge in [0.25, 0.3) is 5.56 Å². The average molecular weight is 197 g/mol. The third-order valence-corrected chi connectivity index (χ3v) is 1.78. The molecule has 1 atom stereocenters. The number of likely N-dealkylation sites (N-methyl/N-ethyl adjacent to an activating group) is 1. The lowest BCUT2D eigenvalue weighted by atomic mass is 10.3. The topological polar surface area (TPSA) is 69.2 Å². The molecule has 0 radical (unpaired) electrons. The summed E-state index contributed by atoms with van der Waals surface area (Å²) in [5, 5.41) is 9.17. The molecule has 1 aromatic rings. The second-order valence-electron chi connectivity index (χ2n) is 3.42. The molecule has 5 nitrogen and oxygen atoms in total. The number of rotatable bonds is 3. The third-order valence-electron chi connectivity index (χ3n) is 1.78. The minimum absolute atomic E-state index is 0.176. The van der Waals surface area contributed by atoms with Gasteiger partial charge in [-0.3, -0.25) is 4.79 Å². The summed E-state index contributed by atoms with van der Waals surface area (Å²) in [7, 11) is 1.79. The number of H-pyrrole nitrogens is 1. The van der Waals surface area contributed by atoms with E-state index in [0.717, 1.165) is 0 Å². The summed E-state index contributed by atoms with van der Waals surface area (Å²) in [5.41, 5.74) is -0.176. The number of anilines is 1. The summed E-state index contributed by atoms with van der Waals surface area (Å²) in [6.07, 6.45) is -0.443. The molecule has 0 aromatic carbocycles. The minimum Gasteiger partial charge on any atom is -0.392 e. The Morgan fingerprint density at radius 3 is 2.86 bits per heavy atom. The number of aryl methyl sites for hydroxylation is 1. The van der Waals surface area contributed by atoms with Crippen molar-refractivity contribution in [3.63, 3.8) is 0 Å². The fraction of sp³-hybridized carbons (Fsp3) is 0.556. The molecule has 2 N–H and O–H groups in total. The average Bonchev–Trinajstić information content (AvgIpc) is 2.00. The van der Waals surface area contributed by atoms with Crippen LogP contribution in [0.15, 0.2) is 10.9 Å². The van der Waals surface area contributed by atoms with Gasteiger partial charge in [-0.05, 0) is 13.8 Å². The quantitative estimate of drug-likeness (QED) is 0.709. The van der Waals surface area contributed by atoms with E-state index in [1.807, 2.05) is 0 Å². The first kappa shape index (κ1) is 10.7. The zero-order valence-corrected chi connectivity index (χ0v) is 8.61. The van der Waals surface area contributed by atoms with Gasteiger partial charge in [-0.15, -0.1) is 0 Å². The molecule has 0 amide bonds. The van der Waals surface area contributed by atoms with Crippen LogP contribution in [0, 0.1) is 6.92 Å².